The molecule has 0 saturated heterocycles. The first-order valence-corrected chi connectivity index (χ1v) is 4.95. The van der Waals surface area contributed by atoms with Crippen LogP contribution in [-0.2, 0) is 0 Å². The van der Waals surface area contributed by atoms with E-state index in [4.69, 9.17) is 0 Å². The van der Waals surface area contributed by atoms with Gasteiger partial charge in [0, 0.05) is 12.4 Å². The minimum absolute atomic E-state index is 0.915. The second-order valence-corrected chi connectivity index (χ2v) is 2.28. The fourth-order valence-corrected chi connectivity index (χ4v) is 0.942. The van der Waals surface area contributed by atoms with Crippen LogP contribution in [0.5, 0.6) is 0 Å². The highest BCUT2D eigenvalue weighted by Gasteiger charge is 1.95. The van der Waals surface area contributed by atoms with E-state index in [-0.39, 0.29) is 0 Å². The summed E-state index contributed by atoms with van der Waals surface area (Å²) < 4.78 is 0. The molecule has 1 rings (SSSR count). The summed E-state index contributed by atoms with van der Waals surface area (Å²) in [5.74, 6) is 0. The number of aliphatic imine (C=N–C) groups is 1. The highest BCUT2D eigenvalue weighted by atomic mass is 14.8. The van der Waals surface area contributed by atoms with Crippen LogP contribution in [-0.4, -0.2) is 11.2 Å². The molecular weight excluding hydrogens is 172 g/mol. The van der Waals surface area contributed by atoms with E-state index >= 15 is 0 Å². The Balaban J connectivity index is 0.000000791. The smallest absolute Gasteiger partial charge is 0.0882 e. The Morgan fingerprint density at radius 1 is 1.29 bits per heavy atom. The van der Waals surface area contributed by atoms with E-state index in [1.165, 1.54) is 0 Å². The second kappa shape index (κ2) is 8.17. The quantitative estimate of drug-likeness (QED) is 0.654. The van der Waals surface area contributed by atoms with Crippen molar-refractivity contribution in [2.45, 2.75) is 27.7 Å². The number of rotatable bonds is 2. The Kier molecular flexibility index (Phi) is 7.33. The summed E-state index contributed by atoms with van der Waals surface area (Å²) in [7, 11) is 0. The molecule has 0 aliphatic heterocycles. The van der Waals surface area contributed by atoms with Crippen molar-refractivity contribution in [3.05, 3.63) is 36.2 Å². The molecule has 1 heterocycles. The fourth-order valence-electron chi connectivity index (χ4n) is 0.942. The van der Waals surface area contributed by atoms with E-state index < -0.39 is 0 Å². The first-order chi connectivity index (χ1) is 6.88. The molecule has 0 atom stereocenters. The molecule has 0 spiro atoms. The Labute approximate surface area is 86.4 Å². The van der Waals surface area contributed by atoms with E-state index in [2.05, 4.69) is 9.98 Å². The molecule has 0 amide bonds. The maximum absolute atomic E-state index is 4.19. The third kappa shape index (κ3) is 3.99. The summed E-state index contributed by atoms with van der Waals surface area (Å²) >= 11 is 0. The number of hydrogen-bond donors (Lipinski definition) is 0. The normalized spacial score (nSPS) is 11.0. The van der Waals surface area contributed by atoms with Crippen LogP contribution < -0.4 is 0 Å². The predicted molar refractivity (Wildman–Crippen MR) is 63.4 cm³/mol. The molecule has 1 aromatic rings. The van der Waals surface area contributed by atoms with Crippen molar-refractivity contribution < 1.29 is 0 Å². The third-order valence-electron chi connectivity index (χ3n) is 1.47. The lowest BCUT2D eigenvalue weighted by atomic mass is 10.3. The number of nitrogens with zero attached hydrogens (tertiary/aromatic N) is 2. The van der Waals surface area contributed by atoms with E-state index in [0.717, 1.165) is 11.4 Å². The van der Waals surface area contributed by atoms with E-state index in [1.54, 1.807) is 12.4 Å². The zero-order valence-corrected chi connectivity index (χ0v) is 9.36. The topological polar surface area (TPSA) is 25.2 Å². The van der Waals surface area contributed by atoms with Gasteiger partial charge in [-0.3, -0.25) is 9.98 Å². The molecule has 0 aliphatic carbocycles. The van der Waals surface area contributed by atoms with Crippen LogP contribution in [0.3, 0.4) is 0 Å². The largest absolute Gasteiger partial charge is 0.260 e. The molecule has 0 saturated carbocycles. The van der Waals surface area contributed by atoms with Gasteiger partial charge in [-0.2, -0.15) is 0 Å². The average molecular weight is 190 g/mol. The minimum atomic E-state index is 0.915. The van der Waals surface area contributed by atoms with Crippen molar-refractivity contribution in [3.8, 4) is 0 Å². The van der Waals surface area contributed by atoms with Crippen molar-refractivity contribution >= 4 is 11.9 Å². The molecule has 1 aromatic heterocycles. The summed E-state index contributed by atoms with van der Waals surface area (Å²) in [4.78, 5) is 8.37. The van der Waals surface area contributed by atoms with Crippen molar-refractivity contribution in [1.82, 2.24) is 4.98 Å². The van der Waals surface area contributed by atoms with Crippen molar-refractivity contribution in [2.75, 3.05) is 0 Å². The van der Waals surface area contributed by atoms with Crippen molar-refractivity contribution in [3.63, 3.8) is 0 Å². The molecule has 76 valence electrons. The Morgan fingerprint density at radius 3 is 2.43 bits per heavy atom. The zero-order chi connectivity index (χ0) is 10.8. The molecule has 14 heavy (non-hydrogen) atoms. The van der Waals surface area contributed by atoms with Gasteiger partial charge in [0.1, 0.15) is 0 Å². The third-order valence-corrected chi connectivity index (χ3v) is 1.47. The molecule has 0 N–H and O–H groups in total. The van der Waals surface area contributed by atoms with Gasteiger partial charge in [0.05, 0.1) is 11.4 Å². The maximum Gasteiger partial charge on any atom is 0.0882 e. The van der Waals surface area contributed by atoms with Gasteiger partial charge in [0.15, 0.2) is 0 Å². The lowest BCUT2D eigenvalue weighted by Crippen LogP contribution is -1.84. The maximum atomic E-state index is 4.19. The van der Waals surface area contributed by atoms with E-state index in [9.17, 15) is 0 Å². The van der Waals surface area contributed by atoms with E-state index in [0.29, 0.717) is 0 Å². The number of allylic oxidation sites excluding steroid dienone is 1. The molecule has 0 fully saturated rings. The van der Waals surface area contributed by atoms with Crippen LogP contribution in [0.4, 0.5) is 0 Å². The molecule has 0 radical (unpaired) electrons. The van der Waals surface area contributed by atoms with Gasteiger partial charge in [0.2, 0.25) is 0 Å². The van der Waals surface area contributed by atoms with Gasteiger partial charge in [-0.05, 0) is 26.0 Å². The first kappa shape index (κ1) is 12.6. The summed E-state index contributed by atoms with van der Waals surface area (Å²) in [5.41, 5.74) is 1.83. The summed E-state index contributed by atoms with van der Waals surface area (Å²) in [6.45, 7) is 7.85. The highest BCUT2D eigenvalue weighted by molar-refractivity contribution is 5.70. The summed E-state index contributed by atoms with van der Waals surface area (Å²) in [6.07, 6.45) is 5.48. The number of aromatic nitrogens is 1. The van der Waals surface area contributed by atoms with Crippen molar-refractivity contribution in [1.29, 1.82) is 0 Å². The molecule has 2 nitrogen and oxygen atoms in total. The Morgan fingerprint density at radius 2 is 2.00 bits per heavy atom. The summed E-state index contributed by atoms with van der Waals surface area (Å²) in [5, 5.41) is 0. The van der Waals surface area contributed by atoms with E-state index in [1.807, 2.05) is 52.0 Å². The van der Waals surface area contributed by atoms with Crippen molar-refractivity contribution in [2.24, 2.45) is 4.99 Å². The number of hydrogen-bond acceptors (Lipinski definition) is 2. The standard InChI is InChI=1S/C10H12N2.C2H6/c1-3-9(11-4-2)10-7-5-6-8-12-10;1-2/h3-8H,1-2H3;1-2H3/b9-3-,11-4?;. The summed E-state index contributed by atoms with van der Waals surface area (Å²) in [6, 6.07) is 5.80. The van der Waals surface area contributed by atoms with Gasteiger partial charge in [0.25, 0.3) is 0 Å². The molecule has 0 aromatic carbocycles. The van der Waals surface area contributed by atoms with Gasteiger partial charge < -0.3 is 0 Å². The van der Waals surface area contributed by atoms with Crippen LogP contribution >= 0.6 is 0 Å². The average Bonchev–Trinajstić information content (AvgIpc) is 2.30. The monoisotopic (exact) mass is 190 g/mol. The van der Waals surface area contributed by atoms with Crippen LogP contribution in [0.15, 0.2) is 35.5 Å². The fraction of sp³-hybridized carbons (Fsp3) is 0.333. The number of pyridine rings is 1. The second-order valence-electron chi connectivity index (χ2n) is 2.28. The molecule has 0 aliphatic rings. The first-order valence-electron chi connectivity index (χ1n) is 4.95. The van der Waals surface area contributed by atoms with Crippen LogP contribution in [0.2, 0.25) is 0 Å². The molecule has 0 bridgehead atoms. The van der Waals surface area contributed by atoms with Crippen LogP contribution in [0, 0.1) is 0 Å². The Hall–Kier alpha value is -1.44. The predicted octanol–water partition coefficient (Wildman–Crippen LogP) is 3.56. The molecule has 2 heteroatoms. The Bertz CT molecular complexity index is 286. The van der Waals surface area contributed by atoms with Crippen LogP contribution in [0.25, 0.3) is 5.70 Å². The van der Waals surface area contributed by atoms with Gasteiger partial charge >= 0.3 is 0 Å². The van der Waals surface area contributed by atoms with Gasteiger partial charge in [-0.1, -0.05) is 26.0 Å². The van der Waals surface area contributed by atoms with Crippen LogP contribution in [0.1, 0.15) is 33.4 Å². The van der Waals surface area contributed by atoms with Gasteiger partial charge in [-0.15, -0.1) is 0 Å². The SMILES string of the molecule is CC.CC=N/C(=C\C)c1ccccn1. The molecular formula is C12H18N2. The lowest BCUT2D eigenvalue weighted by molar-refractivity contribution is 1.25. The molecule has 0 unspecified atom stereocenters. The van der Waals surface area contributed by atoms with Gasteiger partial charge in [-0.25, -0.2) is 0 Å². The minimum Gasteiger partial charge on any atom is -0.260 e. The zero-order valence-electron chi connectivity index (χ0n) is 9.36. The lowest BCUT2D eigenvalue weighted by Gasteiger charge is -1.97. The highest BCUT2D eigenvalue weighted by Crippen LogP contribution is 2.10.